The molecule has 9 nitrogen and oxygen atoms in total. The quantitative estimate of drug-likeness (QED) is 0.505. The standard InChI is InChI=1S/C22H36N2O7/c1-4-30-20(26)16-9-18(25)13-23(11-16)17-7-6-14-12-24(22(28)29-3)19(10-15(14)8-17)21(27)31-5-2/h14-19,25H,4-13H2,1-3H3/t14?,15?,16-,17?,18-,19?/m0/s1. The summed E-state index contributed by atoms with van der Waals surface area (Å²) in [7, 11) is 1.33. The second-order valence-electron chi connectivity index (χ2n) is 8.91. The van der Waals surface area contributed by atoms with Crippen LogP contribution < -0.4 is 0 Å². The molecule has 1 amide bonds. The largest absolute Gasteiger partial charge is 0.466 e. The molecule has 0 bridgehead atoms. The second-order valence-corrected chi connectivity index (χ2v) is 8.91. The third-order valence-corrected chi connectivity index (χ3v) is 7.01. The van der Waals surface area contributed by atoms with E-state index < -0.39 is 18.2 Å². The topological polar surface area (TPSA) is 106 Å². The number of β-amino-alcohol motifs (C(OH)–C–C–N with tert-alkyl or cyclic N) is 1. The number of likely N-dealkylation sites (tertiary alicyclic amines) is 2. The molecule has 2 heterocycles. The normalized spacial score (nSPS) is 33.9. The molecular formula is C22H36N2O7. The van der Waals surface area contributed by atoms with Gasteiger partial charge in [0.15, 0.2) is 0 Å². The van der Waals surface area contributed by atoms with Crippen LogP contribution in [-0.4, -0.2) is 91.1 Å². The van der Waals surface area contributed by atoms with Gasteiger partial charge in [0.1, 0.15) is 6.04 Å². The van der Waals surface area contributed by atoms with E-state index in [1.807, 2.05) is 0 Å². The minimum absolute atomic E-state index is 0.237. The molecule has 2 aliphatic heterocycles. The Morgan fingerprint density at radius 1 is 0.903 bits per heavy atom. The first-order chi connectivity index (χ1) is 14.9. The van der Waals surface area contributed by atoms with Crippen LogP contribution in [0.5, 0.6) is 0 Å². The number of esters is 2. The number of fused-ring (bicyclic) bond motifs is 1. The third-order valence-electron chi connectivity index (χ3n) is 7.01. The number of aliphatic hydroxyl groups excluding tert-OH is 1. The van der Waals surface area contributed by atoms with Gasteiger partial charge in [-0.3, -0.25) is 14.6 Å². The lowest BCUT2D eigenvalue weighted by Crippen LogP contribution is -2.57. The molecule has 6 atom stereocenters. The lowest BCUT2D eigenvalue weighted by molar-refractivity contribution is -0.155. The van der Waals surface area contributed by atoms with Crippen LogP contribution in [0.15, 0.2) is 0 Å². The van der Waals surface area contributed by atoms with Crippen LogP contribution in [0.1, 0.15) is 46.0 Å². The maximum atomic E-state index is 12.5. The maximum absolute atomic E-state index is 12.5. The number of nitrogens with zero attached hydrogens (tertiary/aromatic N) is 2. The minimum Gasteiger partial charge on any atom is -0.466 e. The highest BCUT2D eigenvalue weighted by atomic mass is 16.6. The molecule has 3 aliphatic rings. The van der Waals surface area contributed by atoms with Gasteiger partial charge in [0.25, 0.3) is 0 Å². The number of methoxy groups -OCH3 is 1. The lowest BCUT2D eigenvalue weighted by atomic mass is 9.70. The van der Waals surface area contributed by atoms with Crippen LogP contribution in [0.3, 0.4) is 0 Å². The molecule has 1 saturated carbocycles. The Morgan fingerprint density at radius 3 is 2.29 bits per heavy atom. The van der Waals surface area contributed by atoms with Crippen molar-refractivity contribution in [1.82, 2.24) is 9.80 Å². The Hall–Kier alpha value is -1.87. The van der Waals surface area contributed by atoms with E-state index in [1.165, 1.54) is 12.0 Å². The van der Waals surface area contributed by atoms with Crippen LogP contribution in [0.2, 0.25) is 0 Å². The summed E-state index contributed by atoms with van der Waals surface area (Å²) in [4.78, 5) is 40.8. The molecule has 0 spiro atoms. The number of carbonyl (C=O) groups is 3. The fourth-order valence-electron chi connectivity index (χ4n) is 5.57. The van der Waals surface area contributed by atoms with E-state index in [-0.39, 0.29) is 36.4 Å². The molecular weight excluding hydrogens is 404 g/mol. The molecule has 176 valence electrons. The van der Waals surface area contributed by atoms with Crippen LogP contribution in [0.25, 0.3) is 0 Å². The highest BCUT2D eigenvalue weighted by molar-refractivity contribution is 5.81. The number of ether oxygens (including phenoxy) is 3. The van der Waals surface area contributed by atoms with E-state index in [0.29, 0.717) is 45.0 Å². The first kappa shape index (κ1) is 23.8. The summed E-state index contributed by atoms with van der Waals surface area (Å²) in [5.41, 5.74) is 0. The average Bonchev–Trinajstić information content (AvgIpc) is 2.77. The van der Waals surface area contributed by atoms with Crippen molar-refractivity contribution in [3.63, 3.8) is 0 Å². The zero-order valence-electron chi connectivity index (χ0n) is 18.8. The summed E-state index contributed by atoms with van der Waals surface area (Å²) in [6.07, 6.45) is 2.68. The third kappa shape index (κ3) is 5.49. The number of amides is 1. The lowest BCUT2D eigenvalue weighted by Gasteiger charge is -2.49. The number of rotatable bonds is 5. The summed E-state index contributed by atoms with van der Waals surface area (Å²) < 4.78 is 15.3. The number of aliphatic hydroxyl groups is 1. The van der Waals surface area contributed by atoms with E-state index in [4.69, 9.17) is 14.2 Å². The Kier molecular flexibility index (Phi) is 8.16. The second kappa shape index (κ2) is 10.6. The molecule has 1 aliphatic carbocycles. The van der Waals surface area contributed by atoms with E-state index >= 15 is 0 Å². The SMILES string of the molecule is CCOC(=O)C1CC2CC(N3C[C@@H](O)C[C@H](C(=O)OCC)C3)CCC2CN1C(=O)OC. The van der Waals surface area contributed by atoms with Crippen molar-refractivity contribution in [2.75, 3.05) is 40.0 Å². The van der Waals surface area contributed by atoms with E-state index in [2.05, 4.69) is 4.90 Å². The summed E-state index contributed by atoms with van der Waals surface area (Å²) >= 11 is 0. The summed E-state index contributed by atoms with van der Waals surface area (Å²) in [5, 5.41) is 10.4. The van der Waals surface area contributed by atoms with Crippen molar-refractivity contribution in [1.29, 1.82) is 0 Å². The van der Waals surface area contributed by atoms with Gasteiger partial charge in [-0.2, -0.15) is 0 Å². The van der Waals surface area contributed by atoms with Crippen molar-refractivity contribution >= 4 is 18.0 Å². The van der Waals surface area contributed by atoms with Crippen LogP contribution in [-0.2, 0) is 23.8 Å². The molecule has 0 aromatic carbocycles. The first-order valence-corrected chi connectivity index (χ1v) is 11.5. The highest BCUT2D eigenvalue weighted by Crippen LogP contribution is 2.41. The smallest absolute Gasteiger partial charge is 0.410 e. The predicted octanol–water partition coefficient (Wildman–Crippen LogP) is 1.42. The Labute approximate surface area is 184 Å². The van der Waals surface area contributed by atoms with Gasteiger partial charge in [-0.1, -0.05) is 0 Å². The van der Waals surface area contributed by atoms with Gasteiger partial charge in [-0.25, -0.2) is 9.59 Å². The summed E-state index contributed by atoms with van der Waals surface area (Å²) in [6.45, 7) is 5.77. The molecule has 1 N–H and O–H groups in total. The number of carbonyl (C=O) groups excluding carboxylic acids is 3. The highest BCUT2D eigenvalue weighted by Gasteiger charge is 2.46. The Balaban J connectivity index is 1.68. The number of piperidine rings is 2. The molecule has 2 saturated heterocycles. The average molecular weight is 441 g/mol. The Morgan fingerprint density at radius 2 is 1.61 bits per heavy atom. The predicted molar refractivity (Wildman–Crippen MR) is 111 cm³/mol. The van der Waals surface area contributed by atoms with Crippen LogP contribution in [0, 0.1) is 17.8 Å². The minimum atomic E-state index is -0.633. The summed E-state index contributed by atoms with van der Waals surface area (Å²) in [5.74, 6) is -0.362. The van der Waals surface area contributed by atoms with Crippen LogP contribution >= 0.6 is 0 Å². The monoisotopic (exact) mass is 440 g/mol. The number of hydrogen-bond donors (Lipinski definition) is 1. The van der Waals surface area contributed by atoms with E-state index in [9.17, 15) is 19.5 Å². The molecule has 3 fully saturated rings. The molecule has 0 aromatic rings. The molecule has 4 unspecified atom stereocenters. The molecule has 0 radical (unpaired) electrons. The first-order valence-electron chi connectivity index (χ1n) is 11.5. The van der Waals surface area contributed by atoms with Crippen molar-refractivity contribution in [2.45, 2.75) is 64.1 Å². The van der Waals surface area contributed by atoms with Crippen LogP contribution in [0.4, 0.5) is 4.79 Å². The van der Waals surface area contributed by atoms with Gasteiger partial charge >= 0.3 is 18.0 Å². The van der Waals surface area contributed by atoms with Gasteiger partial charge < -0.3 is 19.3 Å². The van der Waals surface area contributed by atoms with Crippen molar-refractivity contribution in [3.05, 3.63) is 0 Å². The van der Waals surface area contributed by atoms with Crippen molar-refractivity contribution in [2.24, 2.45) is 17.8 Å². The van der Waals surface area contributed by atoms with Gasteiger partial charge in [0.05, 0.1) is 32.3 Å². The fourth-order valence-corrected chi connectivity index (χ4v) is 5.57. The van der Waals surface area contributed by atoms with Gasteiger partial charge in [-0.05, 0) is 57.8 Å². The number of hydrogen-bond acceptors (Lipinski definition) is 8. The van der Waals surface area contributed by atoms with E-state index in [0.717, 1.165) is 19.3 Å². The molecule has 31 heavy (non-hydrogen) atoms. The molecule has 0 aromatic heterocycles. The van der Waals surface area contributed by atoms with Crippen molar-refractivity contribution < 1.29 is 33.7 Å². The molecule has 9 heteroatoms. The van der Waals surface area contributed by atoms with Crippen molar-refractivity contribution in [3.8, 4) is 0 Å². The zero-order chi connectivity index (χ0) is 22.5. The summed E-state index contributed by atoms with van der Waals surface area (Å²) in [6, 6.07) is -0.396. The van der Waals surface area contributed by atoms with Gasteiger partial charge in [-0.15, -0.1) is 0 Å². The molecule has 3 rings (SSSR count). The van der Waals surface area contributed by atoms with Gasteiger partial charge in [0.2, 0.25) is 0 Å². The fraction of sp³-hybridized carbons (Fsp3) is 0.864. The maximum Gasteiger partial charge on any atom is 0.410 e. The zero-order valence-corrected chi connectivity index (χ0v) is 18.8. The van der Waals surface area contributed by atoms with E-state index in [1.54, 1.807) is 13.8 Å². The van der Waals surface area contributed by atoms with Gasteiger partial charge in [0, 0.05) is 25.7 Å². The Bertz CT molecular complexity index is 658.